The number of anilines is 4. The SMILES string of the molecule is CONC(=O)c1cnc(NC(=O)C2CC2)cc1Nc1ccc(F)cc1N(C)SC. The molecule has 0 aliphatic heterocycles. The number of carbonyl (C=O) groups excluding carboxylic acids is 2. The van der Waals surface area contributed by atoms with Crippen LogP contribution in [0.1, 0.15) is 23.2 Å². The highest BCUT2D eigenvalue weighted by molar-refractivity contribution is 7.99. The first-order chi connectivity index (χ1) is 13.9. The molecular formula is C19H22FN5O3S. The summed E-state index contributed by atoms with van der Waals surface area (Å²) in [6, 6.07) is 5.87. The molecule has 2 aromatic rings. The smallest absolute Gasteiger partial charge is 0.278 e. The molecule has 0 atom stereocenters. The Hall–Kier alpha value is -2.85. The first kappa shape index (κ1) is 20.9. The number of amides is 2. The lowest BCUT2D eigenvalue weighted by Crippen LogP contribution is -2.23. The fraction of sp³-hybridized carbons (Fsp3) is 0.316. The van der Waals surface area contributed by atoms with Crippen molar-refractivity contribution in [2.75, 3.05) is 35.4 Å². The molecule has 1 aromatic heterocycles. The van der Waals surface area contributed by atoms with Crippen LogP contribution in [-0.4, -0.2) is 37.2 Å². The maximum Gasteiger partial charge on any atom is 0.278 e. The average molecular weight is 419 g/mol. The van der Waals surface area contributed by atoms with E-state index < -0.39 is 5.91 Å². The van der Waals surface area contributed by atoms with Crippen LogP contribution in [-0.2, 0) is 9.63 Å². The van der Waals surface area contributed by atoms with Gasteiger partial charge in [-0.3, -0.25) is 14.4 Å². The molecule has 0 saturated heterocycles. The van der Waals surface area contributed by atoms with E-state index in [0.717, 1.165) is 12.8 Å². The molecule has 0 radical (unpaired) electrons. The molecule has 3 N–H and O–H groups in total. The van der Waals surface area contributed by atoms with E-state index in [9.17, 15) is 14.0 Å². The summed E-state index contributed by atoms with van der Waals surface area (Å²) < 4.78 is 15.6. The van der Waals surface area contributed by atoms with Crippen molar-refractivity contribution in [1.82, 2.24) is 10.5 Å². The summed E-state index contributed by atoms with van der Waals surface area (Å²) in [6.45, 7) is 0. The van der Waals surface area contributed by atoms with Crippen LogP contribution in [0.4, 0.5) is 27.3 Å². The summed E-state index contributed by atoms with van der Waals surface area (Å²) >= 11 is 1.41. The predicted molar refractivity (Wildman–Crippen MR) is 112 cm³/mol. The second-order valence-electron chi connectivity index (χ2n) is 6.48. The van der Waals surface area contributed by atoms with Crippen molar-refractivity contribution < 1.29 is 18.8 Å². The Bertz CT molecular complexity index is 923. The van der Waals surface area contributed by atoms with Crippen molar-refractivity contribution in [2.45, 2.75) is 12.8 Å². The number of carbonyl (C=O) groups is 2. The Kier molecular flexibility index (Phi) is 6.55. The summed E-state index contributed by atoms with van der Waals surface area (Å²) in [4.78, 5) is 33.3. The lowest BCUT2D eigenvalue weighted by atomic mass is 10.2. The molecule has 0 unspecified atom stereocenters. The Morgan fingerprint density at radius 1 is 1.28 bits per heavy atom. The first-order valence-electron chi connectivity index (χ1n) is 8.91. The van der Waals surface area contributed by atoms with Crippen molar-refractivity contribution in [3.05, 3.63) is 41.8 Å². The lowest BCUT2D eigenvalue weighted by Gasteiger charge is -2.21. The Balaban J connectivity index is 1.96. The Labute approximate surface area is 172 Å². The predicted octanol–water partition coefficient (Wildman–Crippen LogP) is 3.32. The average Bonchev–Trinajstić information content (AvgIpc) is 3.54. The van der Waals surface area contributed by atoms with Crippen LogP contribution in [0.3, 0.4) is 0 Å². The van der Waals surface area contributed by atoms with Gasteiger partial charge < -0.3 is 14.9 Å². The molecule has 1 aliphatic carbocycles. The number of nitrogens with one attached hydrogen (secondary N) is 3. The Morgan fingerprint density at radius 2 is 2.03 bits per heavy atom. The lowest BCUT2D eigenvalue weighted by molar-refractivity contribution is -0.117. The summed E-state index contributed by atoms with van der Waals surface area (Å²) in [5, 5.41) is 5.91. The summed E-state index contributed by atoms with van der Waals surface area (Å²) in [5.74, 6) is -0.647. The number of hydrogen-bond donors (Lipinski definition) is 3. The molecule has 0 bridgehead atoms. The molecule has 1 heterocycles. The van der Waals surface area contributed by atoms with Gasteiger partial charge in [0.15, 0.2) is 0 Å². The van der Waals surface area contributed by atoms with Crippen LogP contribution in [0.15, 0.2) is 30.5 Å². The van der Waals surface area contributed by atoms with Gasteiger partial charge >= 0.3 is 0 Å². The number of hydroxylamine groups is 1. The van der Waals surface area contributed by atoms with E-state index in [4.69, 9.17) is 4.84 Å². The normalized spacial score (nSPS) is 13.0. The third kappa shape index (κ3) is 5.15. The van der Waals surface area contributed by atoms with Gasteiger partial charge in [0.25, 0.3) is 5.91 Å². The van der Waals surface area contributed by atoms with Gasteiger partial charge in [-0.25, -0.2) is 14.9 Å². The van der Waals surface area contributed by atoms with Gasteiger partial charge in [0.05, 0.1) is 29.7 Å². The molecule has 1 aromatic carbocycles. The Morgan fingerprint density at radius 3 is 2.69 bits per heavy atom. The first-order valence-corrected chi connectivity index (χ1v) is 10.1. The van der Waals surface area contributed by atoms with Gasteiger partial charge in [0.1, 0.15) is 11.6 Å². The number of nitrogens with zero attached hydrogens (tertiary/aromatic N) is 2. The highest BCUT2D eigenvalue weighted by atomic mass is 32.2. The van der Waals surface area contributed by atoms with Crippen molar-refractivity contribution in [3.63, 3.8) is 0 Å². The second kappa shape index (κ2) is 9.10. The van der Waals surface area contributed by atoms with Crippen molar-refractivity contribution >= 4 is 46.6 Å². The second-order valence-corrected chi connectivity index (χ2v) is 7.39. The quantitative estimate of drug-likeness (QED) is 0.446. The van der Waals surface area contributed by atoms with Gasteiger partial charge in [-0.1, -0.05) is 11.9 Å². The fourth-order valence-corrected chi connectivity index (χ4v) is 2.99. The molecule has 2 amide bonds. The highest BCUT2D eigenvalue weighted by Gasteiger charge is 2.30. The molecular weight excluding hydrogens is 397 g/mol. The van der Waals surface area contributed by atoms with Crippen LogP contribution < -0.4 is 20.4 Å². The van der Waals surface area contributed by atoms with Crippen LogP contribution in [0.25, 0.3) is 0 Å². The minimum atomic E-state index is -0.510. The summed E-state index contributed by atoms with van der Waals surface area (Å²) in [5.41, 5.74) is 4.03. The van der Waals surface area contributed by atoms with Crippen LogP contribution in [0.2, 0.25) is 0 Å². The largest absolute Gasteiger partial charge is 0.353 e. The molecule has 10 heteroatoms. The van der Waals surface area contributed by atoms with Gasteiger partial charge in [-0.15, -0.1) is 0 Å². The number of hydrogen-bond acceptors (Lipinski definition) is 7. The summed E-state index contributed by atoms with van der Waals surface area (Å²) in [6.07, 6.45) is 4.95. The van der Waals surface area contributed by atoms with Crippen LogP contribution in [0, 0.1) is 11.7 Å². The number of benzene rings is 1. The zero-order valence-electron chi connectivity index (χ0n) is 16.3. The maximum atomic E-state index is 13.8. The van der Waals surface area contributed by atoms with Crippen molar-refractivity contribution in [3.8, 4) is 0 Å². The van der Waals surface area contributed by atoms with Gasteiger partial charge in [0, 0.05) is 37.6 Å². The van der Waals surface area contributed by atoms with E-state index in [0.29, 0.717) is 22.9 Å². The molecule has 8 nitrogen and oxygen atoms in total. The summed E-state index contributed by atoms with van der Waals surface area (Å²) in [7, 11) is 3.13. The van der Waals surface area contributed by atoms with E-state index in [1.807, 2.05) is 6.26 Å². The number of halogens is 1. The third-order valence-electron chi connectivity index (χ3n) is 4.38. The van der Waals surface area contributed by atoms with E-state index in [2.05, 4.69) is 21.1 Å². The highest BCUT2D eigenvalue weighted by Crippen LogP contribution is 2.34. The standard InChI is InChI=1S/C19H22FN5O3S/c1-25(29-3)16-8-12(20)6-7-14(16)22-15-9-17(23-18(26)11-4-5-11)21-10-13(15)19(27)24-28-2/h6-11H,4-5H2,1-3H3,(H,24,27)(H2,21,22,23,26). The van der Waals surface area contributed by atoms with E-state index >= 15 is 0 Å². The number of aromatic nitrogens is 1. The van der Waals surface area contributed by atoms with Crippen molar-refractivity contribution in [2.24, 2.45) is 5.92 Å². The minimum Gasteiger partial charge on any atom is -0.353 e. The van der Waals surface area contributed by atoms with E-state index in [1.165, 1.54) is 37.4 Å². The van der Waals surface area contributed by atoms with E-state index in [-0.39, 0.29) is 23.2 Å². The minimum absolute atomic E-state index is 0.0172. The molecule has 1 aliphatic rings. The monoisotopic (exact) mass is 419 g/mol. The van der Waals surface area contributed by atoms with Gasteiger partial charge in [-0.2, -0.15) is 0 Å². The zero-order valence-corrected chi connectivity index (χ0v) is 17.1. The van der Waals surface area contributed by atoms with Crippen molar-refractivity contribution in [1.29, 1.82) is 0 Å². The van der Waals surface area contributed by atoms with Gasteiger partial charge in [0.2, 0.25) is 5.91 Å². The molecule has 29 heavy (non-hydrogen) atoms. The molecule has 0 spiro atoms. The topological polar surface area (TPSA) is 95.6 Å². The van der Waals surface area contributed by atoms with E-state index in [1.54, 1.807) is 23.5 Å². The third-order valence-corrected chi connectivity index (χ3v) is 5.13. The van der Waals surface area contributed by atoms with Crippen LogP contribution in [0.5, 0.6) is 0 Å². The molecule has 1 fully saturated rings. The molecule has 3 rings (SSSR count). The van der Waals surface area contributed by atoms with Crippen LogP contribution >= 0.6 is 11.9 Å². The molecule has 1 saturated carbocycles. The zero-order chi connectivity index (χ0) is 21.0. The number of rotatable bonds is 8. The maximum absolute atomic E-state index is 13.8. The van der Waals surface area contributed by atoms with Gasteiger partial charge in [-0.05, 0) is 25.0 Å². The number of pyridine rings is 1. The molecule has 154 valence electrons. The fourth-order valence-electron chi connectivity index (χ4n) is 2.64.